The summed E-state index contributed by atoms with van der Waals surface area (Å²) < 4.78 is 33.1. The number of nitrogens with one attached hydrogen (secondary N) is 1. The van der Waals surface area contributed by atoms with E-state index in [2.05, 4.69) is 18.6 Å². The van der Waals surface area contributed by atoms with Crippen LogP contribution in [0.5, 0.6) is 0 Å². The first-order valence-corrected chi connectivity index (χ1v) is 8.82. The molecular formula is C13H28N2O3S. The van der Waals surface area contributed by atoms with E-state index in [4.69, 9.17) is 10.5 Å². The van der Waals surface area contributed by atoms with Gasteiger partial charge in [-0.05, 0) is 32.1 Å². The second-order valence-corrected chi connectivity index (χ2v) is 7.35. The summed E-state index contributed by atoms with van der Waals surface area (Å²) >= 11 is 0. The highest BCUT2D eigenvalue weighted by Gasteiger charge is 2.37. The first-order valence-electron chi connectivity index (χ1n) is 7.28. The van der Waals surface area contributed by atoms with Crippen LogP contribution in [0, 0.1) is 0 Å². The second kappa shape index (κ2) is 7.02. The summed E-state index contributed by atoms with van der Waals surface area (Å²) in [6.07, 6.45) is 3.86. The summed E-state index contributed by atoms with van der Waals surface area (Å²) in [6.45, 7) is 6.82. The van der Waals surface area contributed by atoms with E-state index in [0.717, 1.165) is 25.7 Å². The van der Waals surface area contributed by atoms with E-state index in [1.165, 1.54) is 0 Å². The first kappa shape index (κ1) is 16.9. The zero-order valence-corrected chi connectivity index (χ0v) is 13.1. The molecule has 0 saturated carbocycles. The minimum Gasteiger partial charge on any atom is -0.375 e. The largest absolute Gasteiger partial charge is 0.375 e. The number of hydrogen-bond acceptors (Lipinski definition) is 4. The third-order valence-electron chi connectivity index (χ3n) is 4.27. The molecule has 1 fully saturated rings. The lowest BCUT2D eigenvalue weighted by Gasteiger charge is -2.40. The topological polar surface area (TPSA) is 81.4 Å². The van der Waals surface area contributed by atoms with Crippen LogP contribution in [0.4, 0.5) is 0 Å². The molecule has 2 unspecified atom stereocenters. The maximum Gasteiger partial charge on any atom is 0.215 e. The van der Waals surface area contributed by atoms with Gasteiger partial charge in [0, 0.05) is 19.2 Å². The van der Waals surface area contributed by atoms with Crippen molar-refractivity contribution in [2.75, 3.05) is 13.2 Å². The number of hydrogen-bond donors (Lipinski definition) is 2. The molecule has 6 heteroatoms. The van der Waals surface area contributed by atoms with E-state index in [-0.39, 0.29) is 18.2 Å². The minimum atomic E-state index is -3.32. The molecule has 5 nitrogen and oxygen atoms in total. The Morgan fingerprint density at radius 3 is 2.47 bits per heavy atom. The van der Waals surface area contributed by atoms with Crippen LogP contribution >= 0.6 is 0 Å². The average molecular weight is 292 g/mol. The fraction of sp³-hybridized carbons (Fsp3) is 1.00. The van der Waals surface area contributed by atoms with Gasteiger partial charge in [0.25, 0.3) is 0 Å². The monoisotopic (exact) mass is 292 g/mol. The van der Waals surface area contributed by atoms with Gasteiger partial charge in [-0.25, -0.2) is 13.1 Å². The molecule has 1 saturated heterocycles. The third kappa shape index (κ3) is 4.15. The standard InChI is InChI=1S/C13H28N2O3S/c1-4-12(10-14)19(16,17)15-11-7-8-18-13(5-2,6-3)9-11/h11-12,15H,4-10,14H2,1-3H3. The third-order valence-corrected chi connectivity index (χ3v) is 6.33. The van der Waals surface area contributed by atoms with Crippen LogP contribution in [0.1, 0.15) is 52.9 Å². The quantitative estimate of drug-likeness (QED) is 0.743. The highest BCUT2D eigenvalue weighted by atomic mass is 32.2. The summed E-state index contributed by atoms with van der Waals surface area (Å²) in [6, 6.07) is -0.0285. The van der Waals surface area contributed by atoms with E-state index in [1.807, 2.05) is 6.92 Å². The van der Waals surface area contributed by atoms with Crippen LogP contribution in [0.25, 0.3) is 0 Å². The fourth-order valence-corrected chi connectivity index (χ4v) is 4.26. The van der Waals surface area contributed by atoms with Gasteiger partial charge in [0.05, 0.1) is 10.9 Å². The SMILES string of the molecule is CCC(CN)S(=O)(=O)NC1CCOC(CC)(CC)C1. The lowest BCUT2D eigenvalue weighted by atomic mass is 9.86. The van der Waals surface area contributed by atoms with Crippen LogP contribution in [-0.2, 0) is 14.8 Å². The van der Waals surface area contributed by atoms with E-state index in [0.29, 0.717) is 13.0 Å². The minimum absolute atomic E-state index is 0.0285. The summed E-state index contributed by atoms with van der Waals surface area (Å²) in [5, 5.41) is -0.493. The van der Waals surface area contributed by atoms with Crippen LogP contribution in [-0.4, -0.2) is 38.5 Å². The van der Waals surface area contributed by atoms with Crippen molar-refractivity contribution < 1.29 is 13.2 Å². The van der Waals surface area contributed by atoms with E-state index in [9.17, 15) is 8.42 Å². The predicted molar refractivity (Wildman–Crippen MR) is 77.5 cm³/mol. The molecule has 114 valence electrons. The Morgan fingerprint density at radius 1 is 1.37 bits per heavy atom. The molecule has 1 aliphatic rings. The summed E-state index contributed by atoms with van der Waals surface area (Å²) in [5.41, 5.74) is 5.37. The lowest BCUT2D eigenvalue weighted by molar-refractivity contribution is -0.0905. The summed E-state index contributed by atoms with van der Waals surface area (Å²) in [4.78, 5) is 0. The molecule has 0 aliphatic carbocycles. The van der Waals surface area contributed by atoms with Gasteiger partial charge in [-0.3, -0.25) is 0 Å². The Balaban J connectivity index is 2.72. The number of rotatable bonds is 7. The average Bonchev–Trinajstić information content (AvgIpc) is 2.39. The van der Waals surface area contributed by atoms with Gasteiger partial charge in [0.1, 0.15) is 0 Å². The molecule has 2 atom stereocenters. The van der Waals surface area contributed by atoms with Gasteiger partial charge >= 0.3 is 0 Å². The predicted octanol–water partition coefficient (Wildman–Crippen LogP) is 1.38. The first-order chi connectivity index (χ1) is 8.93. The molecule has 1 heterocycles. The molecule has 0 radical (unpaired) electrons. The molecule has 0 bridgehead atoms. The van der Waals surface area contributed by atoms with Crippen LogP contribution in [0.15, 0.2) is 0 Å². The Kier molecular flexibility index (Phi) is 6.23. The molecule has 1 rings (SSSR count). The number of sulfonamides is 1. The molecule has 0 aromatic rings. The summed E-state index contributed by atoms with van der Waals surface area (Å²) in [7, 11) is -3.32. The molecule has 19 heavy (non-hydrogen) atoms. The molecule has 3 N–H and O–H groups in total. The maximum absolute atomic E-state index is 12.2. The van der Waals surface area contributed by atoms with E-state index >= 15 is 0 Å². The van der Waals surface area contributed by atoms with Gasteiger partial charge < -0.3 is 10.5 Å². The van der Waals surface area contributed by atoms with Crippen LogP contribution in [0.3, 0.4) is 0 Å². The molecule has 0 aromatic carbocycles. The summed E-state index contributed by atoms with van der Waals surface area (Å²) in [5.74, 6) is 0. The zero-order valence-electron chi connectivity index (χ0n) is 12.3. The van der Waals surface area contributed by atoms with Crippen molar-refractivity contribution in [1.82, 2.24) is 4.72 Å². The number of ether oxygens (including phenoxy) is 1. The van der Waals surface area contributed by atoms with Crippen LogP contribution in [0.2, 0.25) is 0 Å². The van der Waals surface area contributed by atoms with Gasteiger partial charge in [-0.1, -0.05) is 20.8 Å². The Morgan fingerprint density at radius 2 is 2.00 bits per heavy atom. The van der Waals surface area contributed by atoms with Gasteiger partial charge in [-0.2, -0.15) is 0 Å². The molecule has 1 aliphatic heterocycles. The molecule has 0 aromatic heterocycles. The molecule has 0 amide bonds. The van der Waals surface area contributed by atoms with Gasteiger partial charge in [0.2, 0.25) is 10.0 Å². The molecular weight excluding hydrogens is 264 g/mol. The normalized spacial score (nSPS) is 25.2. The second-order valence-electron chi connectivity index (χ2n) is 5.36. The van der Waals surface area contributed by atoms with Crippen molar-refractivity contribution in [2.24, 2.45) is 5.73 Å². The van der Waals surface area contributed by atoms with Crippen molar-refractivity contribution in [3.8, 4) is 0 Å². The van der Waals surface area contributed by atoms with Crippen molar-refractivity contribution in [1.29, 1.82) is 0 Å². The van der Waals surface area contributed by atoms with E-state index < -0.39 is 15.3 Å². The highest BCUT2D eigenvalue weighted by Crippen LogP contribution is 2.31. The van der Waals surface area contributed by atoms with Gasteiger partial charge in [0.15, 0.2) is 0 Å². The Bertz CT molecular complexity index is 362. The Hall–Kier alpha value is -0.170. The highest BCUT2D eigenvalue weighted by molar-refractivity contribution is 7.90. The Labute approximate surface area is 117 Å². The van der Waals surface area contributed by atoms with Crippen molar-refractivity contribution in [3.05, 3.63) is 0 Å². The van der Waals surface area contributed by atoms with Crippen LogP contribution < -0.4 is 10.5 Å². The smallest absolute Gasteiger partial charge is 0.215 e. The number of nitrogens with two attached hydrogens (primary N) is 1. The fourth-order valence-electron chi connectivity index (χ4n) is 2.71. The maximum atomic E-state index is 12.2. The van der Waals surface area contributed by atoms with E-state index in [1.54, 1.807) is 0 Å². The van der Waals surface area contributed by atoms with Crippen molar-refractivity contribution in [3.63, 3.8) is 0 Å². The zero-order chi connectivity index (χ0) is 14.5. The van der Waals surface area contributed by atoms with Gasteiger partial charge in [-0.15, -0.1) is 0 Å². The molecule has 0 spiro atoms. The van der Waals surface area contributed by atoms with Crippen molar-refractivity contribution >= 4 is 10.0 Å². The lowest BCUT2D eigenvalue weighted by Crippen LogP contribution is -2.50. The van der Waals surface area contributed by atoms with Crippen molar-refractivity contribution in [2.45, 2.75) is 69.8 Å².